The van der Waals surface area contributed by atoms with Crippen molar-refractivity contribution in [3.8, 4) is 100 Å². The molecular weight excluding hydrogens is 1770 g/mol. The Hall–Kier alpha value is -14.8. The molecule has 0 nitrogen and oxygen atoms in total. The van der Waals surface area contributed by atoms with Crippen molar-refractivity contribution in [2.75, 3.05) is 0 Å². The molecule has 147 heavy (non-hydrogen) atoms. The van der Waals surface area contributed by atoms with Gasteiger partial charge >= 0.3 is 0 Å². The lowest BCUT2D eigenvalue weighted by Crippen LogP contribution is -1.86. The van der Waals surface area contributed by atoms with E-state index >= 15 is 0 Å². The lowest BCUT2D eigenvalue weighted by Gasteiger charge is -2.09. The molecule has 0 unspecified atom stereocenters. The zero-order chi connectivity index (χ0) is 105. The minimum absolute atomic E-state index is 1.06. The van der Waals surface area contributed by atoms with Gasteiger partial charge in [0.2, 0.25) is 0 Å². The van der Waals surface area contributed by atoms with Crippen LogP contribution in [0.1, 0.15) is 266 Å². The summed E-state index contributed by atoms with van der Waals surface area (Å²) < 4.78 is 0. The van der Waals surface area contributed by atoms with Crippen molar-refractivity contribution < 1.29 is 0 Å². The summed E-state index contributed by atoms with van der Waals surface area (Å²) in [6.45, 7) is 48.0. The maximum atomic E-state index is 2.46. The second-order valence-corrected chi connectivity index (χ2v) is 35.0. The van der Waals surface area contributed by atoms with Gasteiger partial charge in [0.15, 0.2) is 0 Å². The summed E-state index contributed by atoms with van der Waals surface area (Å²) >= 11 is 0. The Bertz CT molecular complexity index is 7980. The molecule has 0 aliphatic heterocycles. The monoisotopic (exact) mass is 1920 g/mol. The quantitative estimate of drug-likeness (QED) is 0.142. The molecule has 0 bridgehead atoms. The Morgan fingerprint density at radius 2 is 0.286 bits per heavy atom. The molecule has 0 fully saturated rings. The predicted molar refractivity (Wildman–Crippen MR) is 654 cm³/mol. The van der Waals surface area contributed by atoms with Gasteiger partial charge in [-0.25, -0.2) is 0 Å². The summed E-state index contributed by atoms with van der Waals surface area (Å²) in [5.74, 6) is 0. The van der Waals surface area contributed by atoms with Crippen LogP contribution in [0.2, 0.25) is 0 Å². The van der Waals surface area contributed by atoms with Crippen molar-refractivity contribution in [2.45, 2.75) is 224 Å². The van der Waals surface area contributed by atoms with Gasteiger partial charge < -0.3 is 0 Å². The van der Waals surface area contributed by atoms with Crippen LogP contribution in [-0.4, -0.2) is 0 Å². The zero-order valence-electron chi connectivity index (χ0n) is 92.5. The Morgan fingerprint density at radius 3 is 0.646 bits per heavy atom. The first-order valence-electron chi connectivity index (χ1n) is 56.0. The van der Waals surface area contributed by atoms with Gasteiger partial charge in [0.1, 0.15) is 0 Å². The van der Waals surface area contributed by atoms with Crippen molar-refractivity contribution >= 4 is 64.6 Å². The number of fused-ring (bicyclic) bond motifs is 37. The SMILES string of the molecule is CC.CC.CC.CC.CC.CC.CC.CC.CC.CC.CC.CC.c1ccc2c(c1)Cc1c-2ccc2ccccc12.c1ccc2c(c1)Cc1cc3c(cc1-2)Cc1c-3ccc2ccccc12.c1ccc2c(c1)Cc1cc3c(cc1-2)Cc1cc2ccccc2cc1-3.c1ccc2c(c1)Cc1cc3c(cc1-2)Cc1ccc2ccccc2c1-3.c1ccc2c(c1)Cc1cc3ccccc3cc1-2.c1ccc2c(c1)Cc1ccc3ccccc3c1-2. The van der Waals surface area contributed by atoms with E-state index in [1.807, 2.05) is 166 Å². The fourth-order valence-electron chi connectivity index (χ4n) is 22.3. The molecule has 30 rings (SSSR count). The summed E-state index contributed by atoms with van der Waals surface area (Å²) in [4.78, 5) is 0. The first kappa shape index (κ1) is 109. The minimum atomic E-state index is 1.06. The fraction of sp³-hybridized carbons (Fsp3) is 0.224. The molecule has 0 heterocycles. The van der Waals surface area contributed by atoms with Crippen molar-refractivity contribution in [1.29, 1.82) is 0 Å². The highest BCUT2D eigenvalue weighted by atomic mass is 14.4. The molecule has 9 aliphatic rings. The van der Waals surface area contributed by atoms with Crippen molar-refractivity contribution in [1.82, 2.24) is 0 Å². The van der Waals surface area contributed by atoms with Gasteiger partial charge in [0.05, 0.1) is 0 Å². The molecule has 744 valence electrons. The van der Waals surface area contributed by atoms with Gasteiger partial charge in [-0.2, -0.15) is 0 Å². The van der Waals surface area contributed by atoms with Crippen LogP contribution in [0.15, 0.2) is 400 Å². The molecule has 9 aliphatic carbocycles. The topological polar surface area (TPSA) is 0 Å². The van der Waals surface area contributed by atoms with Crippen LogP contribution in [0.5, 0.6) is 0 Å². The zero-order valence-corrected chi connectivity index (χ0v) is 92.5. The lowest BCUT2D eigenvalue weighted by atomic mass is 9.95. The minimum Gasteiger partial charge on any atom is -0.0683 e. The van der Waals surface area contributed by atoms with E-state index in [9.17, 15) is 0 Å². The van der Waals surface area contributed by atoms with E-state index in [1.165, 1.54) is 265 Å². The maximum absolute atomic E-state index is 2.46. The molecule has 0 saturated carbocycles. The highest BCUT2D eigenvalue weighted by Gasteiger charge is 2.31. The van der Waals surface area contributed by atoms with Gasteiger partial charge in [-0.1, -0.05) is 518 Å². The van der Waals surface area contributed by atoms with Crippen molar-refractivity contribution in [3.63, 3.8) is 0 Å². The second kappa shape index (κ2) is 53.3. The van der Waals surface area contributed by atoms with E-state index < -0.39 is 0 Å². The van der Waals surface area contributed by atoms with E-state index in [4.69, 9.17) is 0 Å². The third-order valence-corrected chi connectivity index (χ3v) is 28.1. The lowest BCUT2D eigenvalue weighted by molar-refractivity contribution is 1.24. The van der Waals surface area contributed by atoms with E-state index in [0.29, 0.717) is 0 Å². The Kier molecular flexibility index (Phi) is 39.7. The van der Waals surface area contributed by atoms with Gasteiger partial charge in [-0.05, 0) is 371 Å². The first-order chi connectivity index (χ1) is 72.9. The molecule has 0 spiro atoms. The number of rotatable bonds is 0. The average molecular weight is 1920 g/mol. The van der Waals surface area contributed by atoms with Gasteiger partial charge in [-0.15, -0.1) is 0 Å². The number of hydrogen-bond donors (Lipinski definition) is 0. The molecule has 21 aromatic rings. The molecule has 0 N–H and O–H groups in total. The Balaban J connectivity index is 0.000000142. The molecular formula is C147H156. The summed E-state index contributed by atoms with van der Waals surface area (Å²) in [7, 11) is 0. The fourth-order valence-corrected chi connectivity index (χ4v) is 22.3. The van der Waals surface area contributed by atoms with Crippen molar-refractivity contribution in [3.05, 3.63) is 501 Å². The van der Waals surface area contributed by atoms with Crippen molar-refractivity contribution in [2.24, 2.45) is 0 Å². The van der Waals surface area contributed by atoms with E-state index in [1.54, 1.807) is 0 Å². The van der Waals surface area contributed by atoms with Crippen LogP contribution < -0.4 is 0 Å². The van der Waals surface area contributed by atoms with Gasteiger partial charge in [0, 0.05) is 0 Å². The van der Waals surface area contributed by atoms with Gasteiger partial charge in [0.25, 0.3) is 0 Å². The maximum Gasteiger partial charge on any atom is -0.000706 e. The molecule has 0 heteroatoms. The highest BCUT2D eigenvalue weighted by molar-refractivity contribution is 6.05. The smallest absolute Gasteiger partial charge is 0.000706 e. The number of hydrogen-bond acceptors (Lipinski definition) is 0. The van der Waals surface area contributed by atoms with Crippen LogP contribution in [-0.2, 0) is 57.8 Å². The standard InChI is InChI=1S/3C24H16.3C17H12.12C2H6/c1-4-8-21-15(5-1)9-10-17-12-19-13-22-18(14-23(19)24(17)21)11-16-6-2-3-7-20(16)22;1-3-7-19-15(5-1)9-10-21-23-12-17-11-16-6-2-4-8-20(16)22(17)13-18(23)14-24(19)21;1-2-6-16-12-23-18(9-15(16)5-1)11-20-13-22-19(14-24(20)23)10-17-7-3-4-8-21(17)22;1-3-7-15-12(5-1)9-10-14-11-13-6-2-4-8-16(13)17(14)15;1-3-7-14-12(5-1)9-10-16-15-8-4-2-6-13(15)11-17(14)16;1-2-6-13-11-17-15(9-12(13)5-1)10-14-7-3-4-8-16(14)17;12*1-2/h1-10,13-14H,11-12H2;1-10,12-13H,11,14H2;1-9,12-14H,10-11H2;2*1-10H,11H2;1-9,11H,10H2;12*1-2H3. The summed E-state index contributed by atoms with van der Waals surface area (Å²) in [6.07, 6.45) is 9.62. The van der Waals surface area contributed by atoms with E-state index in [2.05, 4.69) is 400 Å². The van der Waals surface area contributed by atoms with Gasteiger partial charge in [-0.3, -0.25) is 0 Å². The first-order valence-corrected chi connectivity index (χ1v) is 56.0. The number of benzene rings is 21. The van der Waals surface area contributed by atoms with Crippen LogP contribution in [0.3, 0.4) is 0 Å². The second-order valence-electron chi connectivity index (χ2n) is 35.0. The van der Waals surface area contributed by atoms with Crippen LogP contribution in [0.25, 0.3) is 165 Å². The van der Waals surface area contributed by atoms with E-state index in [0.717, 1.165) is 57.8 Å². The summed E-state index contributed by atoms with van der Waals surface area (Å²) in [5.41, 5.74) is 52.3. The third kappa shape index (κ3) is 22.3. The van der Waals surface area contributed by atoms with Crippen LogP contribution >= 0.6 is 0 Å². The Labute approximate surface area is 882 Å². The predicted octanol–water partition coefficient (Wildman–Crippen LogP) is 43.5. The normalized spacial score (nSPS) is 11.4. The molecule has 0 aromatic heterocycles. The summed E-state index contributed by atoms with van der Waals surface area (Å²) in [6, 6.07) is 147. The highest BCUT2D eigenvalue weighted by Crippen LogP contribution is 2.52. The van der Waals surface area contributed by atoms with E-state index in [-0.39, 0.29) is 0 Å². The Morgan fingerprint density at radius 1 is 0.102 bits per heavy atom. The third-order valence-electron chi connectivity index (χ3n) is 28.1. The van der Waals surface area contributed by atoms with Crippen LogP contribution in [0, 0.1) is 0 Å². The average Bonchev–Trinajstić information content (AvgIpc) is 1.59. The molecule has 0 saturated heterocycles. The summed E-state index contributed by atoms with van der Waals surface area (Å²) in [5, 5.41) is 16.3. The van der Waals surface area contributed by atoms with Crippen LogP contribution in [0.4, 0.5) is 0 Å². The largest absolute Gasteiger partial charge is 0.0683 e. The molecule has 0 radical (unpaired) electrons. The molecule has 0 atom stereocenters. The molecule has 0 amide bonds. The molecule has 21 aromatic carbocycles.